The zero-order valence-corrected chi connectivity index (χ0v) is 22.7. The van der Waals surface area contributed by atoms with Crippen LogP contribution in [0.4, 0.5) is 23.2 Å². The molecule has 0 aliphatic carbocycles. The Bertz CT molecular complexity index is 1330. The number of nitrogens with two attached hydrogens (primary N) is 1. The summed E-state index contributed by atoms with van der Waals surface area (Å²) < 4.78 is 65.2. The lowest BCUT2D eigenvalue weighted by Crippen LogP contribution is -2.45. The van der Waals surface area contributed by atoms with Crippen molar-refractivity contribution in [1.82, 2.24) is 4.90 Å². The normalized spacial score (nSPS) is 15.5. The van der Waals surface area contributed by atoms with Crippen LogP contribution in [0.25, 0.3) is 0 Å². The second-order valence-corrected chi connectivity index (χ2v) is 10.1. The van der Waals surface area contributed by atoms with E-state index in [-0.39, 0.29) is 18.8 Å². The summed E-state index contributed by atoms with van der Waals surface area (Å²) in [6.07, 6.45) is -2.33. The first kappa shape index (κ1) is 31.4. The van der Waals surface area contributed by atoms with Crippen molar-refractivity contribution < 1.29 is 46.5 Å². The van der Waals surface area contributed by atoms with Crippen LogP contribution in [0.15, 0.2) is 42.2 Å². The summed E-state index contributed by atoms with van der Waals surface area (Å²) in [6.45, 7) is 1.64. The van der Waals surface area contributed by atoms with Crippen LogP contribution < -0.4 is 15.8 Å². The number of rotatable bonds is 11. The van der Waals surface area contributed by atoms with Gasteiger partial charge >= 0.3 is 0 Å². The van der Waals surface area contributed by atoms with E-state index in [0.29, 0.717) is 29.4 Å². The highest BCUT2D eigenvalue weighted by Crippen LogP contribution is 2.35. The van der Waals surface area contributed by atoms with E-state index < -0.39 is 71.6 Å². The number of carbonyl (C=O) groups is 3. The van der Waals surface area contributed by atoms with Gasteiger partial charge in [-0.05, 0) is 41.8 Å². The maximum atomic E-state index is 15.1. The summed E-state index contributed by atoms with van der Waals surface area (Å²) in [5.74, 6) is -4.60. The van der Waals surface area contributed by atoms with Crippen molar-refractivity contribution in [1.29, 1.82) is 0 Å². The molecule has 222 valence electrons. The molecule has 1 unspecified atom stereocenters. The summed E-state index contributed by atoms with van der Waals surface area (Å²) in [5, 5.41) is 12.4. The quantitative estimate of drug-likeness (QED) is 0.210. The van der Waals surface area contributed by atoms with Crippen LogP contribution in [0.1, 0.15) is 43.0 Å². The molecular formula is C28H31F4N3O6. The molecular weight excluding hydrogens is 550 g/mol. The number of ether oxygens (including phenoxy) is 2. The smallest absolute Gasteiger partial charge is 0.261 e. The number of benzene rings is 2. The highest BCUT2D eigenvalue weighted by atomic mass is 19.3. The van der Waals surface area contributed by atoms with Gasteiger partial charge in [0.2, 0.25) is 11.8 Å². The summed E-state index contributed by atoms with van der Waals surface area (Å²) in [6, 6.07) is 5.39. The average molecular weight is 582 g/mol. The Kier molecular flexibility index (Phi) is 9.97. The number of nitrogens with zero attached hydrogens (tertiary/aromatic N) is 1. The standard InChI is InChI=1S/C28H31F4N3O6/c1-28(2,14-41-13-22(31)32)25-20(29)9-16(10-21(25)30)34-27(39)26-19-5-4-18(40-3)8-15(19)6-7-35(26)24(38)12-17(36)11-23(33)37/h4-5,8-11,22,26,36H,6-7,12-14H2,1-3H3,(H2,33,37)(H,34,39)/b17-11-. The van der Waals surface area contributed by atoms with Crippen LogP contribution in [0.3, 0.4) is 0 Å². The minimum atomic E-state index is -2.74. The molecule has 0 radical (unpaired) electrons. The lowest BCUT2D eigenvalue weighted by molar-refractivity contribution is -0.139. The maximum absolute atomic E-state index is 15.1. The van der Waals surface area contributed by atoms with E-state index in [1.54, 1.807) is 18.2 Å². The molecule has 4 N–H and O–H groups in total. The number of methoxy groups -OCH3 is 1. The fraction of sp³-hybridized carbons (Fsp3) is 0.393. The predicted octanol–water partition coefficient (Wildman–Crippen LogP) is 3.91. The highest BCUT2D eigenvalue weighted by Gasteiger charge is 2.37. The van der Waals surface area contributed by atoms with Gasteiger partial charge in [0.15, 0.2) is 0 Å². The van der Waals surface area contributed by atoms with Crippen LogP contribution in [0.2, 0.25) is 0 Å². The molecule has 3 amide bonds. The summed E-state index contributed by atoms with van der Waals surface area (Å²) >= 11 is 0. The number of hydrogen-bond donors (Lipinski definition) is 3. The maximum Gasteiger partial charge on any atom is 0.261 e. The summed E-state index contributed by atoms with van der Waals surface area (Å²) in [7, 11) is 1.47. The highest BCUT2D eigenvalue weighted by molar-refractivity contribution is 5.99. The fourth-order valence-electron chi connectivity index (χ4n) is 4.73. The number of aliphatic hydroxyl groups is 1. The number of primary amides is 1. The first-order chi connectivity index (χ1) is 19.2. The van der Waals surface area contributed by atoms with Crippen molar-refractivity contribution in [3.8, 4) is 5.75 Å². The number of nitrogens with one attached hydrogen (secondary N) is 1. The minimum Gasteiger partial charge on any atom is -0.512 e. The van der Waals surface area contributed by atoms with Crippen molar-refractivity contribution in [2.24, 2.45) is 5.73 Å². The minimum absolute atomic E-state index is 0.0510. The van der Waals surface area contributed by atoms with Gasteiger partial charge in [0.1, 0.15) is 35.8 Å². The van der Waals surface area contributed by atoms with Crippen LogP contribution in [0.5, 0.6) is 5.75 Å². The van der Waals surface area contributed by atoms with Crippen molar-refractivity contribution in [3.05, 3.63) is 70.5 Å². The van der Waals surface area contributed by atoms with Crippen LogP contribution in [-0.4, -0.2) is 61.0 Å². The number of amides is 3. The van der Waals surface area contributed by atoms with Gasteiger partial charge in [-0.3, -0.25) is 14.4 Å². The molecule has 0 aromatic heterocycles. The third kappa shape index (κ3) is 7.75. The molecule has 2 aromatic rings. The van der Waals surface area contributed by atoms with Crippen molar-refractivity contribution in [2.45, 2.75) is 44.6 Å². The first-order valence-corrected chi connectivity index (χ1v) is 12.5. The predicted molar refractivity (Wildman–Crippen MR) is 141 cm³/mol. The first-order valence-electron chi connectivity index (χ1n) is 12.5. The van der Waals surface area contributed by atoms with Crippen LogP contribution in [-0.2, 0) is 31.0 Å². The molecule has 1 aliphatic rings. The molecule has 2 aromatic carbocycles. The number of aliphatic hydroxyl groups excluding tert-OH is 1. The van der Waals surface area contributed by atoms with Crippen molar-refractivity contribution in [3.63, 3.8) is 0 Å². The van der Waals surface area contributed by atoms with E-state index in [2.05, 4.69) is 5.32 Å². The molecule has 1 aliphatic heterocycles. The molecule has 0 bridgehead atoms. The third-order valence-corrected chi connectivity index (χ3v) is 6.48. The second-order valence-electron chi connectivity index (χ2n) is 10.1. The Balaban J connectivity index is 1.92. The van der Waals surface area contributed by atoms with Crippen LogP contribution in [0, 0.1) is 11.6 Å². The summed E-state index contributed by atoms with van der Waals surface area (Å²) in [5.41, 5.74) is 4.18. The van der Waals surface area contributed by atoms with Gasteiger partial charge in [0.25, 0.3) is 12.3 Å². The number of halogens is 4. The topological polar surface area (TPSA) is 131 Å². The average Bonchev–Trinajstić information content (AvgIpc) is 2.85. The SMILES string of the molecule is COc1ccc2c(c1)CCN(C(=O)C/C(O)=C/C(N)=O)C2C(=O)Nc1cc(F)c(C(C)(C)COCC(F)F)c(F)c1. The Labute approximate surface area is 233 Å². The number of fused-ring (bicyclic) bond motifs is 1. The van der Waals surface area contributed by atoms with Gasteiger partial charge in [0, 0.05) is 29.3 Å². The zero-order chi connectivity index (χ0) is 30.5. The largest absolute Gasteiger partial charge is 0.512 e. The number of anilines is 1. The van der Waals surface area contributed by atoms with Gasteiger partial charge in [-0.25, -0.2) is 17.6 Å². The Morgan fingerprint density at radius 2 is 1.85 bits per heavy atom. The number of carbonyl (C=O) groups excluding carboxylic acids is 3. The molecule has 0 saturated heterocycles. The number of alkyl halides is 2. The van der Waals surface area contributed by atoms with E-state index in [1.807, 2.05) is 0 Å². The molecule has 9 nitrogen and oxygen atoms in total. The van der Waals surface area contributed by atoms with E-state index in [1.165, 1.54) is 25.9 Å². The summed E-state index contributed by atoms with van der Waals surface area (Å²) in [4.78, 5) is 38.9. The monoisotopic (exact) mass is 581 g/mol. The Morgan fingerprint density at radius 3 is 2.44 bits per heavy atom. The van der Waals surface area contributed by atoms with Gasteiger partial charge < -0.3 is 30.5 Å². The fourth-order valence-corrected chi connectivity index (χ4v) is 4.73. The number of hydrogen-bond acceptors (Lipinski definition) is 6. The lowest BCUT2D eigenvalue weighted by atomic mass is 9.84. The molecule has 41 heavy (non-hydrogen) atoms. The molecule has 3 rings (SSSR count). The van der Waals surface area contributed by atoms with Crippen molar-refractivity contribution in [2.75, 3.05) is 32.2 Å². The molecule has 0 spiro atoms. The molecule has 1 heterocycles. The van der Waals surface area contributed by atoms with E-state index in [0.717, 1.165) is 12.1 Å². The third-order valence-electron chi connectivity index (χ3n) is 6.48. The lowest BCUT2D eigenvalue weighted by Gasteiger charge is -2.36. The Hall–Kier alpha value is -4.13. The van der Waals surface area contributed by atoms with Gasteiger partial charge in [0.05, 0.1) is 20.1 Å². The van der Waals surface area contributed by atoms with E-state index in [4.69, 9.17) is 15.2 Å². The second kappa shape index (κ2) is 13.0. The molecule has 0 fully saturated rings. The molecule has 0 saturated carbocycles. The van der Waals surface area contributed by atoms with Gasteiger partial charge in [-0.15, -0.1) is 0 Å². The van der Waals surface area contributed by atoms with E-state index in [9.17, 15) is 28.3 Å². The van der Waals surface area contributed by atoms with E-state index >= 15 is 8.78 Å². The molecule has 13 heteroatoms. The van der Waals surface area contributed by atoms with Crippen molar-refractivity contribution >= 4 is 23.4 Å². The van der Waals surface area contributed by atoms with Gasteiger partial charge in [-0.2, -0.15) is 0 Å². The zero-order valence-electron chi connectivity index (χ0n) is 22.7. The Morgan fingerprint density at radius 1 is 1.20 bits per heavy atom. The van der Waals surface area contributed by atoms with Gasteiger partial charge in [-0.1, -0.05) is 19.9 Å². The van der Waals surface area contributed by atoms with Crippen LogP contribution >= 0.6 is 0 Å². The molecule has 1 atom stereocenters.